The van der Waals surface area contributed by atoms with E-state index in [2.05, 4.69) is 5.32 Å². The molecule has 2 amide bonds. The molecule has 0 saturated carbocycles. The van der Waals surface area contributed by atoms with Gasteiger partial charge in [0.1, 0.15) is 18.6 Å². The molecule has 24 heavy (non-hydrogen) atoms. The molecule has 0 aromatic heterocycles. The van der Waals surface area contributed by atoms with Gasteiger partial charge in [-0.15, -0.1) is 11.8 Å². The average molecular weight is 342 g/mol. The van der Waals surface area contributed by atoms with Crippen LogP contribution in [0.3, 0.4) is 0 Å². The standard InChI is InChI=1S/C18H18N2O3S/c21-18(19-14-4-2-1-3-5-14)20-8-11-24-17(20)13-6-7-15-16(12-13)23-10-9-22-15/h1-7,12,17H,8-11H2,(H,19,21)/t17-/m0/s1. The third kappa shape index (κ3) is 3.01. The molecular weight excluding hydrogens is 324 g/mol. The highest BCUT2D eigenvalue weighted by molar-refractivity contribution is 7.99. The van der Waals surface area contributed by atoms with Gasteiger partial charge in [0.15, 0.2) is 11.5 Å². The molecule has 124 valence electrons. The summed E-state index contributed by atoms with van der Waals surface area (Å²) in [5, 5.41) is 2.95. The number of fused-ring (bicyclic) bond motifs is 1. The molecule has 0 unspecified atom stereocenters. The first-order valence-corrected chi connectivity index (χ1v) is 9.00. The van der Waals surface area contributed by atoms with E-state index in [0.717, 1.165) is 35.0 Å². The molecule has 0 spiro atoms. The van der Waals surface area contributed by atoms with Crippen LogP contribution in [0, 0.1) is 0 Å². The summed E-state index contributed by atoms with van der Waals surface area (Å²) >= 11 is 1.76. The number of nitrogens with zero attached hydrogens (tertiary/aromatic N) is 1. The highest BCUT2D eigenvalue weighted by Gasteiger charge is 2.31. The van der Waals surface area contributed by atoms with E-state index in [9.17, 15) is 4.79 Å². The smallest absolute Gasteiger partial charge is 0.323 e. The van der Waals surface area contributed by atoms with Crippen LogP contribution in [0.2, 0.25) is 0 Å². The molecule has 2 aromatic rings. The van der Waals surface area contributed by atoms with Gasteiger partial charge in [0.05, 0.1) is 0 Å². The van der Waals surface area contributed by atoms with Crippen LogP contribution < -0.4 is 14.8 Å². The fourth-order valence-corrected chi connectivity index (χ4v) is 4.13. The molecular formula is C18H18N2O3S. The first kappa shape index (κ1) is 15.2. The fourth-order valence-electron chi connectivity index (χ4n) is 2.88. The second kappa shape index (κ2) is 6.65. The minimum Gasteiger partial charge on any atom is -0.486 e. The number of carbonyl (C=O) groups excluding carboxylic acids is 1. The third-order valence-electron chi connectivity index (χ3n) is 4.03. The summed E-state index contributed by atoms with van der Waals surface area (Å²) < 4.78 is 11.2. The SMILES string of the molecule is O=C(Nc1ccccc1)N1CCS[C@H]1c1ccc2c(c1)OCCO2. The molecule has 1 N–H and O–H groups in total. The highest BCUT2D eigenvalue weighted by atomic mass is 32.2. The van der Waals surface area contributed by atoms with Gasteiger partial charge in [-0.3, -0.25) is 0 Å². The second-order valence-electron chi connectivity index (χ2n) is 5.62. The van der Waals surface area contributed by atoms with Crippen LogP contribution in [0.5, 0.6) is 11.5 Å². The minimum absolute atomic E-state index is 0.00969. The predicted octanol–water partition coefficient (Wildman–Crippen LogP) is 3.74. The van der Waals surface area contributed by atoms with Crippen molar-refractivity contribution in [3.8, 4) is 11.5 Å². The van der Waals surface area contributed by atoms with E-state index < -0.39 is 0 Å². The van der Waals surface area contributed by atoms with Crippen LogP contribution >= 0.6 is 11.8 Å². The van der Waals surface area contributed by atoms with Crippen LogP contribution in [0.15, 0.2) is 48.5 Å². The lowest BCUT2D eigenvalue weighted by Crippen LogP contribution is -2.34. The van der Waals surface area contributed by atoms with Crippen molar-refractivity contribution in [2.45, 2.75) is 5.37 Å². The highest BCUT2D eigenvalue weighted by Crippen LogP contribution is 2.41. The first-order chi connectivity index (χ1) is 11.8. The Bertz CT molecular complexity index is 738. The molecule has 5 nitrogen and oxygen atoms in total. The molecule has 2 aliphatic heterocycles. The van der Waals surface area contributed by atoms with Crippen LogP contribution in [0.25, 0.3) is 0 Å². The van der Waals surface area contributed by atoms with E-state index in [1.807, 2.05) is 53.4 Å². The molecule has 1 saturated heterocycles. The number of hydrogen-bond donors (Lipinski definition) is 1. The second-order valence-corrected chi connectivity index (χ2v) is 6.80. The van der Waals surface area contributed by atoms with Gasteiger partial charge in [-0.05, 0) is 29.8 Å². The number of carbonyl (C=O) groups is 1. The zero-order chi connectivity index (χ0) is 16.4. The van der Waals surface area contributed by atoms with E-state index in [-0.39, 0.29) is 11.4 Å². The molecule has 2 heterocycles. The monoisotopic (exact) mass is 342 g/mol. The number of nitrogens with one attached hydrogen (secondary N) is 1. The van der Waals surface area contributed by atoms with Crippen LogP contribution in [-0.2, 0) is 0 Å². The Kier molecular flexibility index (Phi) is 4.21. The van der Waals surface area contributed by atoms with Crippen molar-refractivity contribution in [1.29, 1.82) is 0 Å². The number of benzene rings is 2. The van der Waals surface area contributed by atoms with Crippen LogP contribution in [0.4, 0.5) is 10.5 Å². The summed E-state index contributed by atoms with van der Waals surface area (Å²) in [6, 6.07) is 15.4. The Hall–Kier alpha value is -2.34. The Morgan fingerprint density at radius 2 is 1.88 bits per heavy atom. The Labute approximate surface area is 144 Å². The van der Waals surface area contributed by atoms with E-state index >= 15 is 0 Å². The van der Waals surface area contributed by atoms with Gasteiger partial charge in [-0.2, -0.15) is 0 Å². The molecule has 0 bridgehead atoms. The third-order valence-corrected chi connectivity index (χ3v) is 5.29. The topological polar surface area (TPSA) is 50.8 Å². The minimum atomic E-state index is -0.0777. The van der Waals surface area contributed by atoms with Crippen molar-refractivity contribution < 1.29 is 14.3 Å². The number of amides is 2. The summed E-state index contributed by atoms with van der Waals surface area (Å²) in [6.45, 7) is 1.87. The van der Waals surface area contributed by atoms with Crippen molar-refractivity contribution in [2.75, 3.05) is 30.8 Å². The van der Waals surface area contributed by atoms with Crippen molar-refractivity contribution in [3.63, 3.8) is 0 Å². The summed E-state index contributed by atoms with van der Waals surface area (Å²) in [6.07, 6.45) is 0. The summed E-state index contributed by atoms with van der Waals surface area (Å²) in [5.41, 5.74) is 1.87. The molecule has 1 fully saturated rings. The van der Waals surface area contributed by atoms with Crippen molar-refractivity contribution in [3.05, 3.63) is 54.1 Å². The van der Waals surface area contributed by atoms with E-state index in [4.69, 9.17) is 9.47 Å². The van der Waals surface area contributed by atoms with Crippen LogP contribution in [0.1, 0.15) is 10.9 Å². The van der Waals surface area contributed by atoms with Crippen molar-refractivity contribution >= 4 is 23.5 Å². The lowest BCUT2D eigenvalue weighted by molar-refractivity contribution is 0.171. The number of rotatable bonds is 2. The summed E-state index contributed by atoms with van der Waals surface area (Å²) in [7, 11) is 0. The van der Waals surface area contributed by atoms with Crippen molar-refractivity contribution in [1.82, 2.24) is 4.90 Å². The number of ether oxygens (including phenoxy) is 2. The molecule has 2 aliphatic rings. The normalized spacial score (nSPS) is 19.2. The Morgan fingerprint density at radius 3 is 2.71 bits per heavy atom. The van der Waals surface area contributed by atoms with Gasteiger partial charge < -0.3 is 19.7 Å². The van der Waals surface area contributed by atoms with E-state index in [1.54, 1.807) is 11.8 Å². The molecule has 2 aromatic carbocycles. The number of thioether (sulfide) groups is 1. The Balaban J connectivity index is 1.53. The summed E-state index contributed by atoms with van der Waals surface area (Å²) in [4.78, 5) is 14.5. The van der Waals surface area contributed by atoms with Gasteiger partial charge in [-0.1, -0.05) is 24.3 Å². The molecule has 4 rings (SSSR count). The zero-order valence-corrected chi connectivity index (χ0v) is 13.9. The maximum absolute atomic E-state index is 12.6. The number of anilines is 1. The van der Waals surface area contributed by atoms with Crippen molar-refractivity contribution in [2.24, 2.45) is 0 Å². The number of urea groups is 1. The largest absolute Gasteiger partial charge is 0.486 e. The van der Waals surface area contributed by atoms with Gasteiger partial charge in [0, 0.05) is 18.0 Å². The molecule has 0 aliphatic carbocycles. The predicted molar refractivity (Wildman–Crippen MR) is 94.8 cm³/mol. The zero-order valence-electron chi connectivity index (χ0n) is 13.1. The lowest BCUT2D eigenvalue weighted by Gasteiger charge is -2.26. The summed E-state index contributed by atoms with van der Waals surface area (Å²) in [5.74, 6) is 2.45. The van der Waals surface area contributed by atoms with Gasteiger partial charge in [0.25, 0.3) is 0 Å². The maximum Gasteiger partial charge on any atom is 0.323 e. The molecule has 6 heteroatoms. The fraction of sp³-hybridized carbons (Fsp3) is 0.278. The quantitative estimate of drug-likeness (QED) is 0.903. The Morgan fingerprint density at radius 1 is 1.08 bits per heavy atom. The van der Waals surface area contributed by atoms with Gasteiger partial charge >= 0.3 is 6.03 Å². The maximum atomic E-state index is 12.6. The number of para-hydroxylation sites is 1. The first-order valence-electron chi connectivity index (χ1n) is 7.95. The lowest BCUT2D eigenvalue weighted by atomic mass is 10.1. The van der Waals surface area contributed by atoms with Gasteiger partial charge in [0.2, 0.25) is 0 Å². The van der Waals surface area contributed by atoms with E-state index in [0.29, 0.717) is 13.2 Å². The number of hydrogen-bond acceptors (Lipinski definition) is 4. The average Bonchev–Trinajstić information content (AvgIpc) is 3.12. The van der Waals surface area contributed by atoms with Crippen LogP contribution in [-0.4, -0.2) is 36.4 Å². The molecule has 1 atom stereocenters. The van der Waals surface area contributed by atoms with E-state index in [1.165, 1.54) is 0 Å². The van der Waals surface area contributed by atoms with Gasteiger partial charge in [-0.25, -0.2) is 4.79 Å². The molecule has 0 radical (unpaired) electrons.